The Balaban J connectivity index is 2.32. The van der Waals surface area contributed by atoms with Gasteiger partial charge in [-0.25, -0.2) is 0 Å². The number of benzene rings is 1. The zero-order valence-corrected chi connectivity index (χ0v) is 13.8. The highest BCUT2D eigenvalue weighted by Gasteiger charge is 2.11. The molecule has 1 aromatic carbocycles. The van der Waals surface area contributed by atoms with Crippen molar-refractivity contribution in [1.29, 1.82) is 0 Å². The van der Waals surface area contributed by atoms with Crippen LogP contribution in [0.15, 0.2) is 24.3 Å². The number of amides is 1. The van der Waals surface area contributed by atoms with Crippen LogP contribution in [0.25, 0.3) is 0 Å². The van der Waals surface area contributed by atoms with Gasteiger partial charge in [-0.05, 0) is 57.1 Å². The Kier molecular flexibility index (Phi) is 6.42. The number of hydrogen-bond donors (Lipinski definition) is 3. The number of carbonyl (C=O) groups excluding carboxylic acids is 1. The van der Waals surface area contributed by atoms with E-state index in [1.807, 2.05) is 45.0 Å². The predicted octanol–water partition coefficient (Wildman–Crippen LogP) is 1.92. The van der Waals surface area contributed by atoms with Crippen LogP contribution in [0.1, 0.15) is 33.3 Å². The van der Waals surface area contributed by atoms with Gasteiger partial charge in [0.05, 0.1) is 0 Å². The molecule has 0 unspecified atom stereocenters. The minimum Gasteiger partial charge on any atom is -0.484 e. The number of hydrazine groups is 1. The number of ether oxygens (including phenoxy) is 1. The maximum Gasteiger partial charge on any atom is 0.276 e. The molecule has 116 valence electrons. The molecule has 0 aliphatic heterocycles. The Hall–Kier alpha value is -1.82. The topological polar surface area (TPSA) is 62.4 Å². The van der Waals surface area contributed by atoms with Crippen molar-refractivity contribution >= 4 is 23.2 Å². The van der Waals surface area contributed by atoms with Crippen molar-refractivity contribution in [1.82, 2.24) is 16.2 Å². The fraction of sp³-hybridized carbons (Fsp3) is 0.467. The molecular weight excluding hydrogens is 286 g/mol. The molecule has 0 saturated heterocycles. The summed E-state index contributed by atoms with van der Waals surface area (Å²) in [6.07, 6.45) is 0.928. The quantitative estimate of drug-likeness (QED) is 0.586. The molecule has 0 aliphatic rings. The molecule has 0 atom stereocenters. The third kappa shape index (κ3) is 7.51. The SMILES string of the molecule is CCc1cccc(OCC(=O)NNC(=S)NC(C)(C)C)c1. The fourth-order valence-corrected chi connectivity index (χ4v) is 1.90. The lowest BCUT2D eigenvalue weighted by molar-refractivity contribution is -0.123. The Bertz CT molecular complexity index is 498. The minimum absolute atomic E-state index is 0.0711. The average Bonchev–Trinajstić information content (AvgIpc) is 2.41. The summed E-state index contributed by atoms with van der Waals surface area (Å²) in [5.41, 5.74) is 6.13. The molecule has 0 spiro atoms. The van der Waals surface area contributed by atoms with Crippen LogP contribution in [0.2, 0.25) is 0 Å². The van der Waals surface area contributed by atoms with Crippen molar-refractivity contribution in [2.24, 2.45) is 0 Å². The van der Waals surface area contributed by atoms with Crippen molar-refractivity contribution in [2.45, 2.75) is 39.7 Å². The van der Waals surface area contributed by atoms with Crippen molar-refractivity contribution in [3.63, 3.8) is 0 Å². The largest absolute Gasteiger partial charge is 0.484 e. The monoisotopic (exact) mass is 309 g/mol. The molecule has 3 N–H and O–H groups in total. The summed E-state index contributed by atoms with van der Waals surface area (Å²) in [7, 11) is 0. The third-order valence-corrected chi connectivity index (χ3v) is 2.68. The molecule has 0 saturated carbocycles. The Morgan fingerprint density at radius 2 is 2.00 bits per heavy atom. The summed E-state index contributed by atoms with van der Waals surface area (Å²) in [6.45, 7) is 7.93. The number of aryl methyl sites for hydroxylation is 1. The fourth-order valence-electron chi connectivity index (χ4n) is 1.54. The second-order valence-electron chi connectivity index (χ2n) is 5.67. The highest BCUT2D eigenvalue weighted by atomic mass is 32.1. The van der Waals surface area contributed by atoms with Gasteiger partial charge in [0.15, 0.2) is 11.7 Å². The van der Waals surface area contributed by atoms with Gasteiger partial charge in [-0.2, -0.15) is 0 Å². The lowest BCUT2D eigenvalue weighted by atomic mass is 10.1. The van der Waals surface area contributed by atoms with Crippen molar-refractivity contribution in [3.05, 3.63) is 29.8 Å². The molecule has 0 bridgehead atoms. The lowest BCUT2D eigenvalue weighted by Gasteiger charge is -2.23. The van der Waals surface area contributed by atoms with Gasteiger partial charge in [-0.1, -0.05) is 19.1 Å². The van der Waals surface area contributed by atoms with E-state index in [1.165, 1.54) is 5.56 Å². The third-order valence-electron chi connectivity index (χ3n) is 2.48. The second kappa shape index (κ2) is 7.83. The van der Waals surface area contributed by atoms with Gasteiger partial charge >= 0.3 is 0 Å². The zero-order chi connectivity index (χ0) is 15.9. The molecule has 0 radical (unpaired) electrons. The molecule has 0 aliphatic carbocycles. The van der Waals surface area contributed by atoms with Crippen LogP contribution in [0.5, 0.6) is 5.75 Å². The highest BCUT2D eigenvalue weighted by molar-refractivity contribution is 7.80. The molecule has 0 heterocycles. The molecule has 5 nitrogen and oxygen atoms in total. The van der Waals surface area contributed by atoms with Crippen LogP contribution in [0.3, 0.4) is 0 Å². The minimum atomic E-state index is -0.296. The van der Waals surface area contributed by atoms with Gasteiger partial charge in [0.1, 0.15) is 5.75 Å². The van der Waals surface area contributed by atoms with E-state index in [4.69, 9.17) is 17.0 Å². The highest BCUT2D eigenvalue weighted by Crippen LogP contribution is 2.13. The van der Waals surface area contributed by atoms with Crippen LogP contribution in [0, 0.1) is 0 Å². The first-order chi connectivity index (χ1) is 9.80. The van der Waals surface area contributed by atoms with E-state index in [0.29, 0.717) is 10.9 Å². The van der Waals surface area contributed by atoms with Crippen LogP contribution >= 0.6 is 12.2 Å². The molecule has 0 fully saturated rings. The summed E-state index contributed by atoms with van der Waals surface area (Å²) < 4.78 is 5.43. The second-order valence-corrected chi connectivity index (χ2v) is 6.08. The molecule has 0 aromatic heterocycles. The Morgan fingerprint density at radius 3 is 2.62 bits per heavy atom. The summed E-state index contributed by atoms with van der Waals surface area (Å²) in [5, 5.41) is 3.39. The lowest BCUT2D eigenvalue weighted by Crippen LogP contribution is -2.52. The van der Waals surface area contributed by atoms with Gasteiger partial charge in [0, 0.05) is 5.54 Å². The van der Waals surface area contributed by atoms with E-state index in [1.54, 1.807) is 0 Å². The van der Waals surface area contributed by atoms with Crippen LogP contribution in [0.4, 0.5) is 0 Å². The van der Waals surface area contributed by atoms with Gasteiger partial charge in [-0.3, -0.25) is 15.6 Å². The van der Waals surface area contributed by atoms with Crippen LogP contribution in [-0.4, -0.2) is 23.2 Å². The first kappa shape index (κ1) is 17.2. The summed E-state index contributed by atoms with van der Waals surface area (Å²) >= 11 is 5.05. The van der Waals surface area contributed by atoms with E-state index in [-0.39, 0.29) is 18.1 Å². The first-order valence-corrected chi connectivity index (χ1v) is 7.29. The predicted molar refractivity (Wildman–Crippen MR) is 88.1 cm³/mol. The summed E-state index contributed by atoms with van der Waals surface area (Å²) in [5.74, 6) is 0.384. The maximum atomic E-state index is 11.7. The van der Waals surface area contributed by atoms with Gasteiger partial charge in [0.2, 0.25) is 0 Å². The molecule has 21 heavy (non-hydrogen) atoms. The maximum absolute atomic E-state index is 11.7. The van der Waals surface area contributed by atoms with Crippen molar-refractivity contribution < 1.29 is 9.53 Å². The molecule has 1 aromatic rings. The Morgan fingerprint density at radius 1 is 1.29 bits per heavy atom. The summed E-state index contributed by atoms with van der Waals surface area (Å²) in [4.78, 5) is 11.7. The zero-order valence-electron chi connectivity index (χ0n) is 12.9. The van der Waals surface area contributed by atoms with Gasteiger partial charge < -0.3 is 10.1 Å². The smallest absolute Gasteiger partial charge is 0.276 e. The van der Waals surface area contributed by atoms with E-state index in [2.05, 4.69) is 23.1 Å². The number of carbonyl (C=O) groups is 1. The van der Waals surface area contributed by atoms with E-state index in [9.17, 15) is 4.79 Å². The Labute approximate surface area is 131 Å². The molecular formula is C15H23N3O2S. The number of hydrogen-bond acceptors (Lipinski definition) is 3. The van der Waals surface area contributed by atoms with E-state index >= 15 is 0 Å². The standard InChI is InChI=1S/C15H23N3O2S/c1-5-11-7-6-8-12(9-11)20-10-13(19)17-18-14(21)16-15(2,3)4/h6-9H,5,10H2,1-4H3,(H,17,19)(H2,16,18,21). The van der Waals surface area contributed by atoms with Crippen LogP contribution in [-0.2, 0) is 11.2 Å². The van der Waals surface area contributed by atoms with Crippen molar-refractivity contribution in [2.75, 3.05) is 6.61 Å². The molecule has 6 heteroatoms. The number of thiocarbonyl (C=S) groups is 1. The van der Waals surface area contributed by atoms with Gasteiger partial charge in [0.25, 0.3) is 5.91 Å². The van der Waals surface area contributed by atoms with Crippen molar-refractivity contribution in [3.8, 4) is 5.75 Å². The molecule has 1 rings (SSSR count). The van der Waals surface area contributed by atoms with E-state index < -0.39 is 0 Å². The van der Waals surface area contributed by atoms with Crippen LogP contribution < -0.4 is 20.9 Å². The number of nitrogens with one attached hydrogen (secondary N) is 3. The summed E-state index contributed by atoms with van der Waals surface area (Å²) in [6, 6.07) is 7.68. The van der Waals surface area contributed by atoms with E-state index in [0.717, 1.165) is 6.42 Å². The normalized spacial score (nSPS) is 10.7. The average molecular weight is 309 g/mol. The van der Waals surface area contributed by atoms with Gasteiger partial charge in [-0.15, -0.1) is 0 Å². The molecule has 1 amide bonds. The number of rotatable bonds is 4. The first-order valence-electron chi connectivity index (χ1n) is 6.89.